The minimum Gasteiger partial charge on any atom is -0.507 e. The Balaban J connectivity index is 1.43. The van der Waals surface area contributed by atoms with Crippen LogP contribution in [0, 0.1) is 27.7 Å². The summed E-state index contributed by atoms with van der Waals surface area (Å²) in [6, 6.07) is 17.9. The SMILES string of the molecule is CCCCCCCCCCCCCOc1ccc(-c2nc(-c3ccc(C)cc3C)nc(-c3ccc(C)cc3C)n2)c(O)c1. The Bertz CT molecular complexity index is 1410. The number of nitrogens with zero attached hydrogens (tertiary/aromatic N) is 3. The van der Waals surface area contributed by atoms with Crippen LogP contribution in [0.2, 0.25) is 0 Å². The molecule has 3 aromatic carbocycles. The molecule has 0 spiro atoms. The Morgan fingerprint density at radius 2 is 0.977 bits per heavy atom. The van der Waals surface area contributed by atoms with Crippen LogP contribution in [0.4, 0.5) is 0 Å². The fourth-order valence-electron chi connectivity index (χ4n) is 5.61. The maximum Gasteiger partial charge on any atom is 0.167 e. The van der Waals surface area contributed by atoms with Crippen molar-refractivity contribution in [1.82, 2.24) is 15.0 Å². The van der Waals surface area contributed by atoms with E-state index in [1.807, 2.05) is 12.1 Å². The van der Waals surface area contributed by atoms with Crippen molar-refractivity contribution in [3.05, 3.63) is 76.9 Å². The van der Waals surface area contributed by atoms with Gasteiger partial charge >= 0.3 is 0 Å². The monoisotopic (exact) mass is 579 g/mol. The summed E-state index contributed by atoms with van der Waals surface area (Å²) in [7, 11) is 0. The largest absolute Gasteiger partial charge is 0.507 e. The third-order valence-electron chi connectivity index (χ3n) is 8.11. The molecule has 0 saturated carbocycles. The van der Waals surface area contributed by atoms with Crippen LogP contribution < -0.4 is 4.74 Å². The minimum absolute atomic E-state index is 0.0980. The van der Waals surface area contributed by atoms with Gasteiger partial charge in [0.25, 0.3) is 0 Å². The van der Waals surface area contributed by atoms with Gasteiger partial charge in [-0.3, -0.25) is 0 Å². The maximum atomic E-state index is 11.1. The van der Waals surface area contributed by atoms with Gasteiger partial charge in [0.1, 0.15) is 11.5 Å². The maximum absolute atomic E-state index is 11.1. The summed E-state index contributed by atoms with van der Waals surface area (Å²) in [5.74, 6) is 2.38. The molecule has 4 rings (SSSR count). The predicted octanol–water partition coefficient (Wildman–Crippen LogP) is 10.5. The van der Waals surface area contributed by atoms with Crippen LogP contribution in [0.5, 0.6) is 11.5 Å². The molecule has 5 nitrogen and oxygen atoms in total. The van der Waals surface area contributed by atoms with E-state index < -0.39 is 0 Å². The van der Waals surface area contributed by atoms with Crippen LogP contribution >= 0.6 is 0 Å². The number of rotatable bonds is 16. The van der Waals surface area contributed by atoms with E-state index >= 15 is 0 Å². The van der Waals surface area contributed by atoms with E-state index in [9.17, 15) is 5.11 Å². The molecule has 0 saturated heterocycles. The number of hydrogen-bond acceptors (Lipinski definition) is 5. The van der Waals surface area contributed by atoms with Crippen LogP contribution in [0.3, 0.4) is 0 Å². The summed E-state index contributed by atoms with van der Waals surface area (Å²) in [6.45, 7) is 11.2. The summed E-state index contributed by atoms with van der Waals surface area (Å²) < 4.78 is 5.99. The Morgan fingerprint density at radius 1 is 0.535 bits per heavy atom. The average Bonchev–Trinajstić information content (AvgIpc) is 2.97. The zero-order valence-corrected chi connectivity index (χ0v) is 26.9. The lowest BCUT2D eigenvalue weighted by Crippen LogP contribution is -2.02. The first-order valence-corrected chi connectivity index (χ1v) is 16.2. The van der Waals surface area contributed by atoms with Gasteiger partial charge in [0, 0.05) is 17.2 Å². The van der Waals surface area contributed by atoms with E-state index in [-0.39, 0.29) is 5.75 Å². The lowest BCUT2D eigenvalue weighted by atomic mass is 10.0. The van der Waals surface area contributed by atoms with Crippen molar-refractivity contribution in [2.24, 2.45) is 0 Å². The number of phenols is 1. The van der Waals surface area contributed by atoms with Gasteiger partial charge in [-0.1, -0.05) is 119 Å². The predicted molar refractivity (Wildman–Crippen MR) is 179 cm³/mol. The molecule has 0 atom stereocenters. The van der Waals surface area contributed by atoms with Gasteiger partial charge in [-0.2, -0.15) is 0 Å². The van der Waals surface area contributed by atoms with Gasteiger partial charge in [-0.05, 0) is 57.4 Å². The van der Waals surface area contributed by atoms with Crippen LogP contribution in [0.15, 0.2) is 54.6 Å². The van der Waals surface area contributed by atoms with Gasteiger partial charge in [-0.15, -0.1) is 0 Å². The molecule has 0 fully saturated rings. The molecule has 0 unspecified atom stereocenters. The smallest absolute Gasteiger partial charge is 0.167 e. The molecule has 0 radical (unpaired) electrons. The Hall–Kier alpha value is -3.73. The van der Waals surface area contributed by atoms with Crippen LogP contribution in [-0.2, 0) is 0 Å². The molecule has 1 aromatic heterocycles. The molecule has 43 heavy (non-hydrogen) atoms. The fraction of sp³-hybridized carbons (Fsp3) is 0.447. The lowest BCUT2D eigenvalue weighted by Gasteiger charge is -2.13. The summed E-state index contributed by atoms with van der Waals surface area (Å²) in [5.41, 5.74) is 7.02. The fourth-order valence-corrected chi connectivity index (χ4v) is 5.61. The second-order valence-corrected chi connectivity index (χ2v) is 12.0. The molecule has 0 aliphatic heterocycles. The molecule has 0 amide bonds. The van der Waals surface area contributed by atoms with E-state index in [0.717, 1.165) is 28.7 Å². The number of ether oxygens (including phenoxy) is 1. The summed E-state index contributed by atoms with van der Waals surface area (Å²) in [4.78, 5) is 14.6. The van der Waals surface area contributed by atoms with E-state index in [1.165, 1.54) is 75.3 Å². The van der Waals surface area contributed by atoms with Crippen molar-refractivity contribution in [2.45, 2.75) is 105 Å². The zero-order valence-electron chi connectivity index (χ0n) is 26.9. The van der Waals surface area contributed by atoms with Crippen molar-refractivity contribution in [3.8, 4) is 45.7 Å². The molecule has 1 heterocycles. The first-order valence-electron chi connectivity index (χ1n) is 16.2. The Morgan fingerprint density at radius 3 is 1.44 bits per heavy atom. The molecule has 0 aliphatic carbocycles. The minimum atomic E-state index is 0.0980. The summed E-state index contributed by atoms with van der Waals surface area (Å²) in [6.07, 6.45) is 14.3. The molecule has 5 heteroatoms. The standard InChI is InChI=1S/C38H49N3O2/c1-6-7-8-9-10-11-12-13-14-15-16-23-43-31-19-22-34(35(42)26-31)38-40-36(32-20-17-27(2)24-29(32)4)39-37(41-38)33-21-18-28(3)25-30(33)5/h17-22,24-26,42H,6-16,23H2,1-5H3. The van der Waals surface area contributed by atoms with Gasteiger partial charge in [0.05, 0.1) is 12.2 Å². The third-order valence-corrected chi connectivity index (χ3v) is 8.11. The topological polar surface area (TPSA) is 68.1 Å². The van der Waals surface area contributed by atoms with Gasteiger partial charge in [0.2, 0.25) is 0 Å². The normalized spacial score (nSPS) is 11.2. The van der Waals surface area contributed by atoms with Crippen LogP contribution in [-0.4, -0.2) is 26.7 Å². The van der Waals surface area contributed by atoms with E-state index in [2.05, 4.69) is 71.0 Å². The van der Waals surface area contributed by atoms with E-state index in [0.29, 0.717) is 35.4 Å². The Kier molecular flexibility index (Phi) is 12.1. The highest BCUT2D eigenvalue weighted by Crippen LogP contribution is 2.34. The van der Waals surface area contributed by atoms with Crippen molar-refractivity contribution in [3.63, 3.8) is 0 Å². The number of phenolic OH excluding ortho intramolecular Hbond substituents is 1. The first kappa shape index (κ1) is 32.2. The number of hydrogen-bond donors (Lipinski definition) is 1. The molecular formula is C38H49N3O2. The summed E-state index contributed by atoms with van der Waals surface area (Å²) >= 11 is 0. The van der Waals surface area contributed by atoms with Crippen LogP contribution in [0.1, 0.15) is 99.8 Å². The number of aromatic hydroxyl groups is 1. The van der Waals surface area contributed by atoms with Crippen molar-refractivity contribution in [2.75, 3.05) is 6.61 Å². The third kappa shape index (κ3) is 9.38. The van der Waals surface area contributed by atoms with Gasteiger partial charge in [-0.25, -0.2) is 15.0 Å². The highest BCUT2D eigenvalue weighted by atomic mass is 16.5. The Labute approximate surface area is 258 Å². The van der Waals surface area contributed by atoms with Crippen molar-refractivity contribution in [1.29, 1.82) is 0 Å². The first-order chi connectivity index (χ1) is 20.9. The van der Waals surface area contributed by atoms with E-state index in [4.69, 9.17) is 19.7 Å². The number of aromatic nitrogens is 3. The van der Waals surface area contributed by atoms with E-state index in [1.54, 1.807) is 6.07 Å². The molecule has 228 valence electrons. The molecule has 0 aliphatic rings. The highest BCUT2D eigenvalue weighted by Gasteiger charge is 2.17. The average molecular weight is 580 g/mol. The lowest BCUT2D eigenvalue weighted by molar-refractivity contribution is 0.302. The number of unbranched alkanes of at least 4 members (excludes halogenated alkanes) is 10. The quantitative estimate of drug-likeness (QED) is 0.134. The molecule has 0 bridgehead atoms. The molecular weight excluding hydrogens is 530 g/mol. The molecule has 4 aromatic rings. The number of aryl methyl sites for hydroxylation is 4. The summed E-state index contributed by atoms with van der Waals surface area (Å²) in [5, 5.41) is 11.1. The second-order valence-electron chi connectivity index (χ2n) is 12.0. The van der Waals surface area contributed by atoms with Crippen molar-refractivity contribution < 1.29 is 9.84 Å². The second kappa shape index (κ2) is 16.2. The molecule has 1 N–H and O–H groups in total. The zero-order chi connectivity index (χ0) is 30.6. The van der Waals surface area contributed by atoms with Gasteiger partial charge in [0.15, 0.2) is 17.5 Å². The van der Waals surface area contributed by atoms with Crippen LogP contribution in [0.25, 0.3) is 34.2 Å². The van der Waals surface area contributed by atoms with Gasteiger partial charge < -0.3 is 9.84 Å². The number of benzene rings is 3. The highest BCUT2D eigenvalue weighted by molar-refractivity contribution is 5.72. The van der Waals surface area contributed by atoms with Crippen molar-refractivity contribution >= 4 is 0 Å².